The summed E-state index contributed by atoms with van der Waals surface area (Å²) in [5, 5.41) is 20.8. The molecule has 0 atom stereocenters. The number of hydrogen-bond donors (Lipinski definition) is 3. The number of carbonyl (C=O) groups excluding carboxylic acids is 4. The maximum atomic E-state index is 11.7. The second kappa shape index (κ2) is 39.0. The van der Waals surface area contributed by atoms with Crippen molar-refractivity contribution in [3.05, 3.63) is 231 Å². The number of carbonyl (C=O) groups is 4. The molecule has 15 heteroatoms. The number of aryl methyl sites for hydroxylation is 6. The van der Waals surface area contributed by atoms with Gasteiger partial charge in [0.15, 0.2) is 17.4 Å². The molecule has 0 aliphatic rings. The maximum Gasteiger partial charge on any atom is 0.222 e. The third kappa shape index (κ3) is 30.4. The maximum absolute atomic E-state index is 11.7. The monoisotopic (exact) mass is 1620 g/mol. The Hall–Kier alpha value is -8.00. The second-order valence-corrected chi connectivity index (χ2v) is 35.7. The molecule has 13 nitrogen and oxygen atoms in total. The third-order valence-electron chi connectivity index (χ3n) is 16.6. The fraction of sp³-hybridized carbons (Fsp3) is 0.444. The van der Waals surface area contributed by atoms with Crippen LogP contribution in [0.1, 0.15) is 241 Å². The minimum atomic E-state index is -0.252. The molecule has 0 fully saturated rings. The number of rotatable bonds is 13. The first kappa shape index (κ1) is 91.2. The molecule has 0 spiro atoms. The fourth-order valence-electron chi connectivity index (χ4n) is 11.3. The van der Waals surface area contributed by atoms with E-state index in [1.165, 1.54) is 61.4 Å². The number of aromatic nitrogens is 6. The largest absolute Gasteiger partial charge is 0.398 e. The van der Waals surface area contributed by atoms with E-state index >= 15 is 0 Å². The van der Waals surface area contributed by atoms with Gasteiger partial charge in [0.05, 0.1) is 24.6 Å². The molecule has 569 valence electrons. The Labute approximate surface area is 649 Å². The molecule has 0 saturated carbocycles. The topological polar surface area (TPSA) is 194 Å². The van der Waals surface area contributed by atoms with Gasteiger partial charge in [-0.2, -0.15) is 5.10 Å². The first-order valence-electron chi connectivity index (χ1n) is 36.3. The van der Waals surface area contributed by atoms with Gasteiger partial charge in [0.25, 0.3) is 0 Å². The van der Waals surface area contributed by atoms with Gasteiger partial charge in [-0.1, -0.05) is 273 Å². The van der Waals surface area contributed by atoms with E-state index in [1.807, 2.05) is 102 Å². The van der Waals surface area contributed by atoms with E-state index in [9.17, 15) is 19.2 Å². The van der Waals surface area contributed by atoms with Crippen LogP contribution in [0, 0.1) is 69.3 Å². The summed E-state index contributed by atoms with van der Waals surface area (Å²) in [4.78, 5) is 44.3. The summed E-state index contributed by atoms with van der Waals surface area (Å²) in [6.07, 6.45) is 2.60. The van der Waals surface area contributed by atoms with Crippen molar-refractivity contribution in [2.45, 2.75) is 229 Å². The molecule has 9 aromatic rings. The Bertz CT molecular complexity index is 4030. The number of ketones is 2. The standard InChI is InChI=1S/C25H33N3.C25H32N3.C14H19NO2.C12H19N.C8H9NO.C6H11ClO.Ir/c2*1-17-14-20(25(6,7)8)15-18(2)22(17)28-21(16-24(3,4)5)26-27-23(28)19-12-10-9-11-13-19;1-14(2,3)9-13(17)15-10-12(16)11-7-5-4-6-8-11;1-8-6-10(12(3,4)5)7-9(2)11(8)13;9-6-8(10)7-4-2-1-3-5-7;1-6(2,3)4-5(7)8;/h9-15H,16H2,1-8H3;9-12,14-15H,16H2,1-8H3;4-8H,9-10H2,1-3H3,(H,15,17);6-7H,13H2,1-5H3;1-5H,6,9H2;4H2,1-3H3;/q;-1;;;;;. The van der Waals surface area contributed by atoms with Gasteiger partial charge in [-0.05, 0) is 141 Å². The third-order valence-corrected chi connectivity index (χ3v) is 16.8. The van der Waals surface area contributed by atoms with Crippen LogP contribution in [-0.4, -0.2) is 65.3 Å². The van der Waals surface area contributed by atoms with Crippen LogP contribution < -0.4 is 16.8 Å². The van der Waals surface area contributed by atoms with E-state index in [-0.39, 0.29) is 93.8 Å². The number of hydrogen-bond acceptors (Lipinski definition) is 10. The van der Waals surface area contributed by atoms with Crippen LogP contribution >= 0.6 is 11.6 Å². The Kier molecular flexibility index (Phi) is 33.9. The molecule has 0 bridgehead atoms. The average molecular weight is 1620 g/mol. The number of Topliss-reactive ketones (excluding diaryl/α,β-unsaturated/α-hetero) is 2. The van der Waals surface area contributed by atoms with Gasteiger partial charge in [0, 0.05) is 73.9 Å². The zero-order chi connectivity index (χ0) is 78.7. The Morgan fingerprint density at radius 3 is 1.10 bits per heavy atom. The molecule has 7 aromatic carbocycles. The van der Waals surface area contributed by atoms with Gasteiger partial charge in [0.2, 0.25) is 11.1 Å². The predicted molar refractivity (Wildman–Crippen MR) is 437 cm³/mol. The first-order valence-corrected chi connectivity index (χ1v) is 36.6. The number of nitrogens with zero attached hydrogens (tertiary/aromatic N) is 6. The molecule has 5 N–H and O–H groups in total. The molecular weight excluding hydrogens is 1500 g/mol. The summed E-state index contributed by atoms with van der Waals surface area (Å²) in [5.41, 5.74) is 29.9. The van der Waals surface area contributed by atoms with Crippen molar-refractivity contribution in [3.8, 4) is 34.2 Å². The number of nitrogen functional groups attached to an aromatic ring is 1. The summed E-state index contributed by atoms with van der Waals surface area (Å²) in [6.45, 7) is 58.7. The summed E-state index contributed by atoms with van der Waals surface area (Å²) >= 11 is 5.12. The van der Waals surface area contributed by atoms with Crippen LogP contribution in [0.4, 0.5) is 5.69 Å². The molecule has 105 heavy (non-hydrogen) atoms. The van der Waals surface area contributed by atoms with E-state index in [0.29, 0.717) is 24.0 Å². The minimum absolute atomic E-state index is 0. The van der Waals surface area contributed by atoms with Gasteiger partial charge in [-0.3, -0.25) is 23.7 Å². The Morgan fingerprint density at radius 1 is 0.438 bits per heavy atom. The van der Waals surface area contributed by atoms with Crippen LogP contribution in [-0.2, 0) is 58.8 Å². The molecule has 1 amide bonds. The molecule has 0 unspecified atom stereocenters. The minimum Gasteiger partial charge on any atom is -0.398 e. The van der Waals surface area contributed by atoms with Gasteiger partial charge in [-0.15, -0.1) is 51.2 Å². The van der Waals surface area contributed by atoms with E-state index in [1.54, 1.807) is 24.3 Å². The Morgan fingerprint density at radius 2 is 0.781 bits per heavy atom. The van der Waals surface area contributed by atoms with Crippen LogP contribution in [0.5, 0.6) is 0 Å². The van der Waals surface area contributed by atoms with Crippen molar-refractivity contribution in [1.29, 1.82) is 0 Å². The van der Waals surface area contributed by atoms with E-state index in [0.717, 1.165) is 53.0 Å². The van der Waals surface area contributed by atoms with Gasteiger partial charge < -0.3 is 21.4 Å². The number of benzene rings is 7. The molecule has 1 radical (unpaired) electrons. The van der Waals surface area contributed by atoms with E-state index < -0.39 is 0 Å². The number of amides is 1. The van der Waals surface area contributed by atoms with Crippen molar-refractivity contribution >= 4 is 40.0 Å². The van der Waals surface area contributed by atoms with Crippen LogP contribution in [0.25, 0.3) is 34.2 Å². The number of anilines is 1. The van der Waals surface area contributed by atoms with Crippen molar-refractivity contribution in [2.75, 3.05) is 18.8 Å². The van der Waals surface area contributed by atoms with E-state index in [4.69, 9.17) is 23.1 Å². The van der Waals surface area contributed by atoms with Crippen molar-refractivity contribution in [2.24, 2.45) is 27.4 Å². The average Bonchev–Trinajstić information content (AvgIpc) is 1.70. The Balaban J connectivity index is 0.000000345. The van der Waals surface area contributed by atoms with Crippen LogP contribution in [0.2, 0.25) is 0 Å². The summed E-state index contributed by atoms with van der Waals surface area (Å²) in [6, 6.07) is 53.3. The normalized spacial score (nSPS) is 11.6. The molecule has 0 aliphatic heterocycles. The molecule has 2 heterocycles. The first-order chi connectivity index (χ1) is 47.9. The van der Waals surface area contributed by atoms with Crippen molar-refractivity contribution in [1.82, 2.24) is 34.8 Å². The molecule has 0 saturated heterocycles. The summed E-state index contributed by atoms with van der Waals surface area (Å²) < 4.78 is 4.52. The zero-order valence-corrected chi connectivity index (χ0v) is 71.5. The quantitative estimate of drug-likeness (QED) is 0.0433. The summed E-state index contributed by atoms with van der Waals surface area (Å²) in [7, 11) is 0. The summed E-state index contributed by atoms with van der Waals surface area (Å²) in [5.74, 6) is 3.62. The molecule has 0 aliphatic carbocycles. The van der Waals surface area contributed by atoms with Crippen molar-refractivity contribution in [3.63, 3.8) is 0 Å². The predicted octanol–water partition coefficient (Wildman–Crippen LogP) is 21.3. The van der Waals surface area contributed by atoms with Gasteiger partial charge in [-0.25, -0.2) is 0 Å². The number of nitrogens with two attached hydrogens (primary N) is 2. The molecule has 2 aromatic heterocycles. The van der Waals surface area contributed by atoms with E-state index in [2.05, 4.69) is 253 Å². The fourth-order valence-corrected chi connectivity index (χ4v) is 11.7. The number of nitrogens with one attached hydrogen (secondary N) is 1. The SMILES string of the molecule is CC(C)(C)CC(=O)Cl.CC(C)(C)CC(=O)NCC(=O)c1ccccc1.Cc1cc(C(C)(C)C)cc(C)c1-n1c(CC(C)(C)C)nnc1-c1[c-]cccc1.Cc1cc(C(C)(C)C)cc(C)c1-n1c(CC(C)(C)C)nnc1-c1ccccc1.Cc1cc(C(C)(C)C)cc(C)c1N.NCC(=O)c1ccccc1.[Ir]. The van der Waals surface area contributed by atoms with Gasteiger partial charge in [0.1, 0.15) is 11.6 Å². The van der Waals surface area contributed by atoms with Crippen molar-refractivity contribution < 1.29 is 39.3 Å². The van der Waals surface area contributed by atoms with Gasteiger partial charge >= 0.3 is 0 Å². The smallest absolute Gasteiger partial charge is 0.222 e. The van der Waals surface area contributed by atoms with Crippen LogP contribution in [0.3, 0.4) is 0 Å². The number of halogens is 1. The molecular formula is C90H123ClIrN9O4-. The second-order valence-electron chi connectivity index (χ2n) is 35.2. The zero-order valence-electron chi connectivity index (χ0n) is 68.4. The molecule has 9 rings (SSSR count). The van der Waals surface area contributed by atoms with Crippen LogP contribution in [0.15, 0.2) is 152 Å².